The van der Waals surface area contributed by atoms with Crippen molar-refractivity contribution in [1.29, 1.82) is 0 Å². The van der Waals surface area contributed by atoms with E-state index in [9.17, 15) is 9.59 Å². The van der Waals surface area contributed by atoms with Crippen LogP contribution in [-0.4, -0.2) is 46.3 Å². The number of nitrogens with one attached hydrogen (secondary N) is 1. The van der Waals surface area contributed by atoms with Crippen LogP contribution in [0.15, 0.2) is 24.3 Å². The summed E-state index contributed by atoms with van der Waals surface area (Å²) in [5.74, 6) is 0.103. The van der Waals surface area contributed by atoms with Crippen LogP contribution in [0.2, 0.25) is 18.1 Å². The molecule has 0 fully saturated rings. The summed E-state index contributed by atoms with van der Waals surface area (Å²) < 4.78 is 22.1. The van der Waals surface area contributed by atoms with Gasteiger partial charge in [-0.05, 0) is 56.6 Å². The fourth-order valence-corrected chi connectivity index (χ4v) is 3.66. The average Bonchev–Trinajstić information content (AvgIpc) is 2.61. The van der Waals surface area contributed by atoms with Gasteiger partial charge >= 0.3 is 12.1 Å². The fraction of sp³-hybridized carbons (Fsp3) is 0.636. The zero-order valence-electron chi connectivity index (χ0n) is 19.9. The van der Waals surface area contributed by atoms with E-state index in [0.29, 0.717) is 11.3 Å². The second-order valence-corrected chi connectivity index (χ2v) is 14.5. The van der Waals surface area contributed by atoms with E-state index in [1.165, 1.54) is 7.11 Å². The van der Waals surface area contributed by atoms with Crippen molar-refractivity contribution in [1.82, 2.24) is 5.32 Å². The summed E-state index contributed by atoms with van der Waals surface area (Å²) in [5, 5.41) is 2.67. The molecule has 1 amide bonds. The Hall–Kier alpha value is -2.06. The number of hydrogen-bond donors (Lipinski definition) is 1. The molecule has 170 valence electrons. The Labute approximate surface area is 181 Å². The van der Waals surface area contributed by atoms with E-state index in [0.717, 1.165) is 0 Å². The Morgan fingerprint density at radius 2 is 1.50 bits per heavy atom. The van der Waals surface area contributed by atoms with E-state index in [1.807, 2.05) is 13.1 Å². The summed E-state index contributed by atoms with van der Waals surface area (Å²) in [4.78, 5) is 25.4. The second kappa shape index (κ2) is 9.83. The van der Waals surface area contributed by atoms with Gasteiger partial charge in [0.1, 0.15) is 11.4 Å². The minimum absolute atomic E-state index is 0.143. The van der Waals surface area contributed by atoms with Crippen LogP contribution >= 0.6 is 0 Å². The van der Waals surface area contributed by atoms with Crippen LogP contribution < -0.4 is 10.1 Å². The molecule has 0 aliphatic heterocycles. The van der Waals surface area contributed by atoms with Gasteiger partial charge in [0.15, 0.2) is 14.4 Å². The number of hydrogen-bond acceptors (Lipinski definition) is 6. The minimum Gasteiger partial charge on any atom is -0.497 e. The van der Waals surface area contributed by atoms with Gasteiger partial charge in [-0.1, -0.05) is 32.9 Å². The first-order chi connectivity index (χ1) is 13.6. The van der Waals surface area contributed by atoms with Crippen molar-refractivity contribution in [3.05, 3.63) is 29.8 Å². The maximum Gasteiger partial charge on any atom is 0.408 e. The Morgan fingerprint density at radius 3 is 1.90 bits per heavy atom. The van der Waals surface area contributed by atoms with Crippen molar-refractivity contribution < 1.29 is 28.2 Å². The maximum absolute atomic E-state index is 12.8. The highest BCUT2D eigenvalue weighted by molar-refractivity contribution is 6.74. The van der Waals surface area contributed by atoms with Gasteiger partial charge < -0.3 is 24.0 Å². The van der Waals surface area contributed by atoms with Crippen LogP contribution in [0, 0.1) is 0 Å². The number of ether oxygens (including phenoxy) is 3. The molecule has 0 saturated carbocycles. The third kappa shape index (κ3) is 7.32. The smallest absolute Gasteiger partial charge is 0.408 e. The Kier molecular flexibility index (Phi) is 8.51. The van der Waals surface area contributed by atoms with Crippen LogP contribution in [0.3, 0.4) is 0 Å². The van der Waals surface area contributed by atoms with E-state index in [4.69, 9.17) is 18.6 Å². The number of carbonyl (C=O) groups excluding carboxylic acids is 2. The number of carbonyl (C=O) groups is 2. The number of alkyl carbamates (subject to hydrolysis) is 1. The van der Waals surface area contributed by atoms with Crippen LogP contribution in [0.1, 0.15) is 53.1 Å². The molecule has 0 aromatic heterocycles. The molecule has 1 aromatic carbocycles. The molecule has 0 unspecified atom stereocenters. The third-order valence-electron chi connectivity index (χ3n) is 5.11. The van der Waals surface area contributed by atoms with Gasteiger partial charge in [0.2, 0.25) is 0 Å². The molecule has 0 saturated heterocycles. The van der Waals surface area contributed by atoms with Crippen molar-refractivity contribution in [3.8, 4) is 5.75 Å². The number of esters is 1. The van der Waals surface area contributed by atoms with Crippen LogP contribution in [0.25, 0.3) is 0 Å². The van der Waals surface area contributed by atoms with E-state index in [1.54, 1.807) is 52.1 Å². The topological polar surface area (TPSA) is 83.1 Å². The third-order valence-corrected chi connectivity index (χ3v) is 9.57. The maximum atomic E-state index is 12.8. The molecule has 1 N–H and O–H groups in total. The number of benzene rings is 1. The zero-order valence-corrected chi connectivity index (χ0v) is 20.9. The summed E-state index contributed by atoms with van der Waals surface area (Å²) in [6, 6.07) is 6.30. The van der Waals surface area contributed by atoms with Gasteiger partial charge in [-0.15, -0.1) is 0 Å². The molecule has 30 heavy (non-hydrogen) atoms. The molecule has 0 aliphatic carbocycles. The van der Waals surface area contributed by atoms with Gasteiger partial charge in [-0.2, -0.15) is 0 Å². The Bertz CT molecular complexity index is 719. The molecular weight excluding hydrogens is 402 g/mol. The van der Waals surface area contributed by atoms with Crippen molar-refractivity contribution in [3.63, 3.8) is 0 Å². The average molecular weight is 440 g/mol. The highest BCUT2D eigenvalue weighted by Gasteiger charge is 2.44. The van der Waals surface area contributed by atoms with E-state index in [-0.39, 0.29) is 5.04 Å². The molecule has 1 rings (SSSR count). The first-order valence-electron chi connectivity index (χ1n) is 10.0. The molecule has 1 aromatic rings. The minimum atomic E-state index is -2.38. The molecule has 0 bridgehead atoms. The lowest BCUT2D eigenvalue weighted by Gasteiger charge is -2.40. The predicted molar refractivity (Wildman–Crippen MR) is 119 cm³/mol. The second-order valence-electron chi connectivity index (χ2n) is 9.72. The van der Waals surface area contributed by atoms with E-state index >= 15 is 0 Å². The van der Waals surface area contributed by atoms with E-state index < -0.39 is 38.1 Å². The fourth-order valence-electron chi connectivity index (χ4n) is 2.44. The number of rotatable bonds is 7. The van der Waals surface area contributed by atoms with Gasteiger partial charge in [0.05, 0.1) is 20.3 Å². The summed E-state index contributed by atoms with van der Waals surface area (Å²) in [5.41, 5.74) is -0.00829. The first kappa shape index (κ1) is 26.0. The summed E-state index contributed by atoms with van der Waals surface area (Å²) in [6.45, 7) is 15.7. The van der Waals surface area contributed by atoms with Crippen molar-refractivity contribution in [2.45, 2.75) is 77.4 Å². The lowest BCUT2D eigenvalue weighted by molar-refractivity contribution is -0.151. The lowest BCUT2D eigenvalue weighted by atomic mass is 10.0. The molecule has 0 radical (unpaired) electrons. The van der Waals surface area contributed by atoms with Crippen LogP contribution in [-0.2, 0) is 18.7 Å². The summed E-state index contributed by atoms with van der Waals surface area (Å²) >= 11 is 0. The van der Waals surface area contributed by atoms with Crippen molar-refractivity contribution in [2.24, 2.45) is 0 Å². The molecular formula is C22H37NO6Si. The molecule has 2 atom stereocenters. The quantitative estimate of drug-likeness (QED) is 0.484. The van der Waals surface area contributed by atoms with Gasteiger partial charge in [0, 0.05) is 0 Å². The molecule has 8 heteroatoms. The predicted octanol–water partition coefficient (Wildman–Crippen LogP) is 4.82. The van der Waals surface area contributed by atoms with Gasteiger partial charge in [-0.25, -0.2) is 9.59 Å². The molecule has 0 spiro atoms. The SMILES string of the molecule is COC(=O)[C@@H](O[Si](C)(C)C(C)(C)C)[C@H](NC(=O)OC(C)(C)C)c1ccc(OC)cc1. The van der Waals surface area contributed by atoms with Gasteiger partial charge in [0.25, 0.3) is 0 Å². The lowest BCUT2D eigenvalue weighted by Crippen LogP contribution is -2.51. The van der Waals surface area contributed by atoms with Crippen LogP contribution in [0.4, 0.5) is 4.79 Å². The standard InChI is InChI=1S/C22H37NO6Si/c1-21(2,3)28-20(25)23-17(15-11-13-16(26-7)14-12-15)18(19(24)27-8)29-30(9,10)22(4,5)6/h11-14,17-18H,1-10H3,(H,23,25)/t17-,18+/m1/s1. The van der Waals surface area contributed by atoms with Gasteiger partial charge in [-0.3, -0.25) is 0 Å². The molecule has 0 aliphatic rings. The van der Waals surface area contributed by atoms with Crippen LogP contribution in [0.5, 0.6) is 5.75 Å². The zero-order chi connectivity index (χ0) is 23.3. The first-order valence-corrected chi connectivity index (χ1v) is 12.9. The Morgan fingerprint density at radius 1 is 0.967 bits per heavy atom. The summed E-state index contributed by atoms with van der Waals surface area (Å²) in [6.07, 6.45) is -1.67. The highest BCUT2D eigenvalue weighted by Crippen LogP contribution is 2.39. The number of methoxy groups -OCH3 is 2. The van der Waals surface area contributed by atoms with Crippen molar-refractivity contribution >= 4 is 20.4 Å². The number of amides is 1. The summed E-state index contributed by atoms with van der Waals surface area (Å²) in [7, 11) is 0.505. The molecule has 0 heterocycles. The highest BCUT2D eigenvalue weighted by atomic mass is 28.4. The monoisotopic (exact) mass is 439 g/mol. The molecule has 7 nitrogen and oxygen atoms in total. The normalized spacial score (nSPS) is 14.5. The van der Waals surface area contributed by atoms with E-state index in [2.05, 4.69) is 26.1 Å². The Balaban J connectivity index is 3.40. The van der Waals surface area contributed by atoms with Crippen molar-refractivity contribution in [2.75, 3.05) is 14.2 Å². The largest absolute Gasteiger partial charge is 0.497 e.